The molecule has 4 N–H and O–H groups in total. The number of allylic oxidation sites excluding steroid dienone is 2. The summed E-state index contributed by atoms with van der Waals surface area (Å²) in [4.78, 5) is 40.2. The first-order chi connectivity index (χ1) is 25.3. The number of amides is 2. The van der Waals surface area contributed by atoms with Crippen molar-refractivity contribution in [1.82, 2.24) is 4.90 Å². The number of Topliss-reactive ketones (excluding diaryl/α,β-unsaturated/α-hetero) is 1. The Morgan fingerprint density at radius 2 is 1.50 bits per heavy atom. The molecule has 1 heterocycles. The quantitative estimate of drug-likeness (QED) is 0.172. The van der Waals surface area contributed by atoms with Gasteiger partial charge in [-0.3, -0.25) is 19.3 Å². The summed E-state index contributed by atoms with van der Waals surface area (Å²) in [6.45, 7) is 0. The van der Waals surface area contributed by atoms with Crippen LogP contribution in [0.4, 0.5) is 11.4 Å². The molecule has 2 amide bonds. The van der Waals surface area contributed by atoms with Gasteiger partial charge in [-0.05, 0) is 126 Å². The number of nitrogens with zero attached hydrogens (tertiary/aromatic N) is 1. The lowest BCUT2D eigenvalue weighted by molar-refractivity contribution is 0.0999. The van der Waals surface area contributed by atoms with Gasteiger partial charge in [-0.25, -0.2) is 0 Å². The number of nitrogens with one attached hydrogen (secondary N) is 2. The van der Waals surface area contributed by atoms with Crippen molar-refractivity contribution >= 4 is 46.7 Å². The molecule has 8 rings (SSSR count). The molecule has 0 radical (unpaired) electrons. The summed E-state index contributed by atoms with van der Waals surface area (Å²) in [5, 5.41) is 10.8. The Morgan fingerprint density at radius 1 is 0.750 bits per heavy atom. The molecule has 0 spiro atoms. The zero-order chi connectivity index (χ0) is 36.2. The predicted octanol–water partition coefficient (Wildman–Crippen LogP) is 6.73. The van der Waals surface area contributed by atoms with Gasteiger partial charge < -0.3 is 16.4 Å². The molecular weight excluding hydrogens is 645 g/mol. The third-order valence-electron chi connectivity index (χ3n) is 9.75. The van der Waals surface area contributed by atoms with Gasteiger partial charge in [0, 0.05) is 39.8 Å². The molecule has 1 aliphatic heterocycles. The Kier molecular flexibility index (Phi) is 9.78. The highest BCUT2D eigenvalue weighted by Crippen LogP contribution is 2.30. The Balaban J connectivity index is 0.000000324. The molecule has 2 aliphatic carbocycles. The van der Waals surface area contributed by atoms with Gasteiger partial charge in [-0.1, -0.05) is 78.9 Å². The van der Waals surface area contributed by atoms with E-state index in [0.29, 0.717) is 16.8 Å². The van der Waals surface area contributed by atoms with Crippen molar-refractivity contribution in [3.8, 4) is 0 Å². The van der Waals surface area contributed by atoms with Crippen LogP contribution >= 0.6 is 0 Å². The fraction of sp³-hybridized carbons (Fsp3) is 0.133. The SMILES string of the molecule is C1=CNc2ccccc2C=C1.CN(C)C1C=c2ccccc2=c2ccc3c(c21)CCCC=3C(=O)c1ccc(NC(=O)c2cccc(C(N)=O)c2)cc1. The van der Waals surface area contributed by atoms with Crippen LogP contribution in [-0.4, -0.2) is 36.6 Å². The molecule has 52 heavy (non-hydrogen) atoms. The van der Waals surface area contributed by atoms with E-state index in [1.807, 2.05) is 30.5 Å². The van der Waals surface area contributed by atoms with E-state index in [1.54, 1.807) is 42.5 Å². The minimum absolute atomic E-state index is 0.0135. The Morgan fingerprint density at radius 3 is 2.31 bits per heavy atom. The summed E-state index contributed by atoms with van der Waals surface area (Å²) in [5.74, 6) is -0.939. The van der Waals surface area contributed by atoms with Crippen LogP contribution in [0, 0.1) is 10.4 Å². The first kappa shape index (κ1) is 34.2. The number of primary amides is 1. The zero-order valence-corrected chi connectivity index (χ0v) is 29.2. The molecule has 0 saturated heterocycles. The largest absolute Gasteiger partial charge is 0.366 e. The van der Waals surface area contributed by atoms with Crippen LogP contribution in [0.15, 0.2) is 128 Å². The van der Waals surface area contributed by atoms with Crippen molar-refractivity contribution < 1.29 is 14.4 Å². The van der Waals surface area contributed by atoms with Gasteiger partial charge in [0.25, 0.3) is 5.91 Å². The van der Waals surface area contributed by atoms with E-state index >= 15 is 0 Å². The molecule has 5 aromatic rings. The summed E-state index contributed by atoms with van der Waals surface area (Å²) in [6, 6.07) is 34.4. The lowest BCUT2D eigenvalue weighted by Gasteiger charge is -2.29. The summed E-state index contributed by atoms with van der Waals surface area (Å²) in [6.07, 6.45) is 13.0. The molecule has 0 bridgehead atoms. The molecule has 0 aromatic heterocycles. The molecule has 1 atom stereocenters. The highest BCUT2D eigenvalue weighted by Gasteiger charge is 2.25. The average Bonchev–Trinajstić information content (AvgIpc) is 3.43. The van der Waals surface area contributed by atoms with E-state index in [-0.39, 0.29) is 23.3 Å². The molecule has 3 aliphatic rings. The second-order valence-electron chi connectivity index (χ2n) is 13.3. The standard InChI is InChI=1S/C35H31N3O3.C10H9N/c1-38(2)31-20-22-7-3-4-10-26(22)29-18-17-27-28(32(29)31)11-6-12-30(27)33(39)21-13-15-25(16-14-21)37-35(41)24-9-5-8-23(19-24)34(36)40;1-2-7-10-9(5-1)6-3-4-8-11-10/h3-5,7-10,13-20,31H,6,11-12H2,1-2H3,(H2,36,40)(H,37,41);1-8,11H. The number of hydrogen-bond donors (Lipinski definition) is 3. The second-order valence-corrected chi connectivity index (χ2v) is 13.3. The van der Waals surface area contributed by atoms with Crippen molar-refractivity contribution in [2.45, 2.75) is 25.3 Å². The maximum absolute atomic E-state index is 13.8. The van der Waals surface area contributed by atoms with E-state index in [9.17, 15) is 14.4 Å². The number of benzene rings is 5. The highest BCUT2D eigenvalue weighted by molar-refractivity contribution is 6.24. The fourth-order valence-corrected chi connectivity index (χ4v) is 7.17. The van der Waals surface area contributed by atoms with E-state index in [0.717, 1.165) is 35.7 Å². The molecule has 0 saturated carbocycles. The highest BCUT2D eigenvalue weighted by atomic mass is 16.2. The number of carbonyl (C=O) groups excluding carboxylic acids is 3. The van der Waals surface area contributed by atoms with Crippen LogP contribution in [0.1, 0.15) is 66.6 Å². The molecule has 1 unspecified atom stereocenters. The molecule has 0 fully saturated rings. The lowest BCUT2D eigenvalue weighted by Crippen LogP contribution is -2.31. The Hall–Kier alpha value is -6.31. The van der Waals surface area contributed by atoms with Gasteiger partial charge in [-0.2, -0.15) is 0 Å². The summed E-state index contributed by atoms with van der Waals surface area (Å²) in [5.41, 5.74) is 12.9. The normalized spacial score (nSPS) is 14.9. The molecular formula is C45H40N4O3. The molecule has 7 heteroatoms. The predicted molar refractivity (Wildman–Crippen MR) is 209 cm³/mol. The van der Waals surface area contributed by atoms with Crippen LogP contribution in [0.3, 0.4) is 0 Å². The van der Waals surface area contributed by atoms with Gasteiger partial charge >= 0.3 is 0 Å². The lowest BCUT2D eigenvalue weighted by atomic mass is 9.82. The van der Waals surface area contributed by atoms with Crippen molar-refractivity contribution in [1.29, 1.82) is 0 Å². The zero-order valence-electron chi connectivity index (χ0n) is 29.2. The monoisotopic (exact) mass is 684 g/mol. The van der Waals surface area contributed by atoms with Crippen LogP contribution in [0.2, 0.25) is 0 Å². The summed E-state index contributed by atoms with van der Waals surface area (Å²) in [7, 11) is 4.21. The number of nitrogens with two attached hydrogens (primary N) is 1. The van der Waals surface area contributed by atoms with E-state index < -0.39 is 5.91 Å². The van der Waals surface area contributed by atoms with Crippen molar-refractivity contribution in [3.63, 3.8) is 0 Å². The van der Waals surface area contributed by atoms with Gasteiger partial charge in [0.1, 0.15) is 0 Å². The van der Waals surface area contributed by atoms with Crippen LogP contribution in [0.25, 0.3) is 17.7 Å². The van der Waals surface area contributed by atoms with E-state index in [1.165, 1.54) is 38.4 Å². The Bertz CT molecular complexity index is 2500. The second kappa shape index (κ2) is 14.9. The Labute approximate surface area is 302 Å². The molecule has 7 nitrogen and oxygen atoms in total. The number of para-hydroxylation sites is 1. The number of fused-ring (bicyclic) bond motifs is 5. The van der Waals surface area contributed by atoms with Crippen LogP contribution in [-0.2, 0) is 6.42 Å². The minimum Gasteiger partial charge on any atom is -0.366 e. The van der Waals surface area contributed by atoms with Crippen molar-refractivity contribution in [2.24, 2.45) is 5.73 Å². The van der Waals surface area contributed by atoms with Crippen molar-refractivity contribution in [3.05, 3.63) is 182 Å². The van der Waals surface area contributed by atoms with E-state index in [2.05, 4.69) is 90.3 Å². The number of ketones is 1. The van der Waals surface area contributed by atoms with Gasteiger partial charge in [0.2, 0.25) is 5.91 Å². The minimum atomic E-state index is -0.593. The molecule has 5 aromatic carbocycles. The maximum atomic E-state index is 13.8. The number of anilines is 2. The first-order valence-electron chi connectivity index (χ1n) is 17.5. The maximum Gasteiger partial charge on any atom is 0.255 e. The summed E-state index contributed by atoms with van der Waals surface area (Å²) >= 11 is 0. The number of carbonyl (C=O) groups is 3. The average molecular weight is 685 g/mol. The van der Waals surface area contributed by atoms with Gasteiger partial charge in [0.15, 0.2) is 5.78 Å². The number of rotatable bonds is 6. The van der Waals surface area contributed by atoms with Gasteiger partial charge in [-0.15, -0.1) is 0 Å². The molecule has 258 valence electrons. The summed E-state index contributed by atoms with van der Waals surface area (Å²) < 4.78 is 0. The third-order valence-corrected chi connectivity index (χ3v) is 9.75. The van der Waals surface area contributed by atoms with E-state index in [4.69, 9.17) is 5.73 Å². The number of hydrogen-bond acceptors (Lipinski definition) is 5. The van der Waals surface area contributed by atoms with Crippen LogP contribution < -0.4 is 26.8 Å². The van der Waals surface area contributed by atoms with Crippen molar-refractivity contribution in [2.75, 3.05) is 24.7 Å². The fourth-order valence-electron chi connectivity index (χ4n) is 7.17. The smallest absolute Gasteiger partial charge is 0.255 e. The van der Waals surface area contributed by atoms with Gasteiger partial charge in [0.05, 0.1) is 6.04 Å². The third kappa shape index (κ3) is 6.99. The first-order valence-corrected chi connectivity index (χ1v) is 17.5. The van der Waals surface area contributed by atoms with Crippen LogP contribution in [0.5, 0.6) is 0 Å². The topological polar surface area (TPSA) is 105 Å².